The van der Waals surface area contributed by atoms with Crippen molar-refractivity contribution < 1.29 is 10.2 Å². The summed E-state index contributed by atoms with van der Waals surface area (Å²) in [5.74, 6) is -0.434. The average Bonchev–Trinajstić information content (AvgIpc) is 2.63. The van der Waals surface area contributed by atoms with Gasteiger partial charge in [-0.15, -0.1) is 0 Å². The number of aryl methyl sites for hydroxylation is 3. The third-order valence-corrected chi connectivity index (χ3v) is 4.87. The number of aromatic hydroxyl groups is 2. The van der Waals surface area contributed by atoms with E-state index in [2.05, 4.69) is 12.1 Å². The monoisotopic (exact) mass is 379 g/mol. The fourth-order valence-corrected chi connectivity index (χ4v) is 3.48. The molecule has 0 radical (unpaired) electrons. The van der Waals surface area contributed by atoms with Gasteiger partial charge < -0.3 is 10.2 Å². The lowest BCUT2D eigenvalue weighted by Crippen LogP contribution is -2.38. The maximum atomic E-state index is 12.9. The van der Waals surface area contributed by atoms with Gasteiger partial charge in [-0.3, -0.25) is 9.13 Å². The summed E-state index contributed by atoms with van der Waals surface area (Å²) in [6.07, 6.45) is 0. The Labute approximate surface area is 163 Å². The van der Waals surface area contributed by atoms with Crippen LogP contribution in [0.25, 0.3) is 11.3 Å². The molecule has 2 aromatic carbocycles. The van der Waals surface area contributed by atoms with Crippen LogP contribution < -0.4 is 11.2 Å². The van der Waals surface area contributed by atoms with E-state index in [1.165, 1.54) is 22.3 Å². The van der Waals surface area contributed by atoms with Gasteiger partial charge in [-0.2, -0.15) is 0 Å². The smallest absolute Gasteiger partial charge is 0.329 e. The van der Waals surface area contributed by atoms with Gasteiger partial charge in [0, 0.05) is 25.2 Å². The maximum Gasteiger partial charge on any atom is 0.329 e. The van der Waals surface area contributed by atoms with Gasteiger partial charge in [-0.25, -0.2) is 9.79 Å². The second kappa shape index (κ2) is 7.38. The van der Waals surface area contributed by atoms with Gasteiger partial charge in [0.2, 0.25) is 0 Å². The van der Waals surface area contributed by atoms with Crippen LogP contribution in [-0.2, 0) is 13.6 Å². The van der Waals surface area contributed by atoms with E-state index in [-0.39, 0.29) is 17.2 Å². The van der Waals surface area contributed by atoms with Crippen LogP contribution in [-0.4, -0.2) is 19.3 Å². The third-order valence-electron chi connectivity index (χ3n) is 4.87. The lowest BCUT2D eigenvalue weighted by atomic mass is 10.1. The Morgan fingerprint density at radius 3 is 2.18 bits per heavy atom. The van der Waals surface area contributed by atoms with Crippen molar-refractivity contribution >= 4 is 5.69 Å². The first-order valence-electron chi connectivity index (χ1n) is 9.18. The van der Waals surface area contributed by atoms with E-state index in [0.717, 1.165) is 16.8 Å². The van der Waals surface area contributed by atoms with Gasteiger partial charge >= 0.3 is 5.69 Å². The first kappa shape index (κ1) is 19.5. The largest absolute Gasteiger partial charge is 0.504 e. The van der Waals surface area contributed by atoms with E-state index in [1.807, 2.05) is 33.8 Å². The summed E-state index contributed by atoms with van der Waals surface area (Å²) in [7, 11) is 1.70. The molecular formula is C22H25N3O3. The highest BCUT2D eigenvalue weighted by atomic mass is 16.3. The van der Waals surface area contributed by atoms with Crippen LogP contribution in [0.3, 0.4) is 0 Å². The Kier molecular flexibility index (Phi) is 5.14. The van der Waals surface area contributed by atoms with Crippen LogP contribution in [0.15, 0.2) is 46.2 Å². The molecule has 3 rings (SSSR count). The minimum Gasteiger partial charge on any atom is -0.504 e. The van der Waals surface area contributed by atoms with Crippen molar-refractivity contribution in [2.24, 2.45) is 12.0 Å². The van der Waals surface area contributed by atoms with E-state index < -0.39 is 0 Å². The average molecular weight is 379 g/mol. The summed E-state index contributed by atoms with van der Waals surface area (Å²) in [5.41, 5.74) is 5.67. The molecule has 146 valence electrons. The van der Waals surface area contributed by atoms with E-state index in [1.54, 1.807) is 17.7 Å². The van der Waals surface area contributed by atoms with Crippen molar-refractivity contribution in [1.29, 1.82) is 0 Å². The summed E-state index contributed by atoms with van der Waals surface area (Å²) in [4.78, 5) is 17.7. The Bertz CT molecular complexity index is 1160. The van der Waals surface area contributed by atoms with Crippen LogP contribution in [0.5, 0.6) is 11.5 Å². The molecule has 2 N–H and O–H groups in total. The van der Waals surface area contributed by atoms with Crippen molar-refractivity contribution in [2.75, 3.05) is 0 Å². The first-order valence-corrected chi connectivity index (χ1v) is 9.18. The number of hydrogen-bond acceptors (Lipinski definition) is 4. The van der Waals surface area contributed by atoms with Gasteiger partial charge in [0.15, 0.2) is 11.5 Å². The van der Waals surface area contributed by atoms with Crippen LogP contribution >= 0.6 is 0 Å². The summed E-state index contributed by atoms with van der Waals surface area (Å²) >= 11 is 0. The molecule has 0 saturated heterocycles. The molecule has 0 saturated carbocycles. The molecule has 1 aromatic heterocycles. The maximum absolute atomic E-state index is 12.9. The van der Waals surface area contributed by atoms with Gasteiger partial charge in [-0.05, 0) is 57.0 Å². The molecule has 3 aromatic rings. The molecular weight excluding hydrogens is 354 g/mol. The molecule has 0 aliphatic rings. The highest BCUT2D eigenvalue weighted by molar-refractivity contribution is 5.64. The summed E-state index contributed by atoms with van der Waals surface area (Å²) in [6, 6.07) is 10.5. The van der Waals surface area contributed by atoms with Crippen molar-refractivity contribution in [1.82, 2.24) is 9.13 Å². The third kappa shape index (κ3) is 3.45. The van der Waals surface area contributed by atoms with Gasteiger partial charge in [0.25, 0.3) is 0 Å². The van der Waals surface area contributed by atoms with Gasteiger partial charge in [0.1, 0.15) is 5.49 Å². The fourth-order valence-electron chi connectivity index (χ4n) is 3.48. The van der Waals surface area contributed by atoms with E-state index in [0.29, 0.717) is 23.3 Å². The molecule has 0 spiro atoms. The number of nitrogens with zero attached hydrogens (tertiary/aromatic N) is 3. The predicted molar refractivity (Wildman–Crippen MR) is 110 cm³/mol. The van der Waals surface area contributed by atoms with Crippen LogP contribution in [0.4, 0.5) is 5.69 Å². The number of aromatic nitrogens is 2. The molecule has 1 heterocycles. The molecule has 0 amide bonds. The van der Waals surface area contributed by atoms with Gasteiger partial charge in [-0.1, -0.05) is 17.7 Å². The zero-order valence-corrected chi connectivity index (χ0v) is 16.8. The molecule has 6 heteroatoms. The van der Waals surface area contributed by atoms with Gasteiger partial charge in [0.05, 0.1) is 11.4 Å². The lowest BCUT2D eigenvalue weighted by molar-refractivity contribution is 0.404. The second-order valence-corrected chi connectivity index (χ2v) is 7.04. The number of benzene rings is 2. The lowest BCUT2D eigenvalue weighted by Gasteiger charge is -2.14. The zero-order valence-electron chi connectivity index (χ0n) is 16.8. The van der Waals surface area contributed by atoms with Crippen LogP contribution in [0.1, 0.15) is 23.6 Å². The molecule has 28 heavy (non-hydrogen) atoms. The predicted octanol–water partition coefficient (Wildman–Crippen LogP) is 3.44. The molecule has 6 nitrogen and oxygen atoms in total. The minimum atomic E-state index is -0.232. The fraction of sp³-hybridized carbons (Fsp3) is 0.273. The molecule has 0 unspecified atom stereocenters. The highest BCUT2D eigenvalue weighted by Gasteiger charge is 2.12. The quantitative estimate of drug-likeness (QED) is 0.684. The Balaban J connectivity index is 2.34. The first-order chi connectivity index (χ1) is 13.2. The van der Waals surface area contributed by atoms with Crippen LogP contribution in [0, 0.1) is 20.8 Å². The second-order valence-electron chi connectivity index (χ2n) is 7.04. The summed E-state index contributed by atoms with van der Waals surface area (Å²) in [6.45, 7) is 8.40. The van der Waals surface area contributed by atoms with E-state index in [4.69, 9.17) is 4.99 Å². The summed E-state index contributed by atoms with van der Waals surface area (Å²) in [5, 5.41) is 19.5. The standard InChI is InChI=1S/C22H25N3O3/c1-6-25-17(16-7-8-18(26)19(27)11-16)12-20(24(5)22(25)28)23-21-14(3)9-13(2)10-15(21)4/h7-12,26-27H,6H2,1-5H3/b23-20-. The summed E-state index contributed by atoms with van der Waals surface area (Å²) < 4.78 is 3.13. The van der Waals surface area contributed by atoms with Crippen molar-refractivity contribution in [3.8, 4) is 22.8 Å². The highest BCUT2D eigenvalue weighted by Crippen LogP contribution is 2.30. The molecule has 0 aliphatic heterocycles. The SMILES string of the molecule is CCn1c(-c2ccc(O)c(O)c2)c/c(=N/c2c(C)cc(C)cc2C)n(C)c1=O. The normalized spacial score (nSPS) is 11.8. The Morgan fingerprint density at radius 1 is 0.964 bits per heavy atom. The van der Waals surface area contributed by atoms with E-state index in [9.17, 15) is 15.0 Å². The molecule has 0 fully saturated rings. The number of rotatable bonds is 3. The van der Waals surface area contributed by atoms with Crippen molar-refractivity contribution in [2.45, 2.75) is 34.2 Å². The molecule has 0 aliphatic carbocycles. The minimum absolute atomic E-state index is 0.200. The molecule has 0 bridgehead atoms. The number of phenolic OH excluding ortho intramolecular Hbond substituents is 2. The number of hydrogen-bond donors (Lipinski definition) is 2. The van der Waals surface area contributed by atoms with Crippen molar-refractivity contribution in [3.05, 3.63) is 69.1 Å². The van der Waals surface area contributed by atoms with Crippen LogP contribution in [0.2, 0.25) is 0 Å². The van der Waals surface area contributed by atoms with E-state index >= 15 is 0 Å². The number of phenols is 2. The Morgan fingerprint density at radius 2 is 1.61 bits per heavy atom. The molecule has 0 atom stereocenters. The van der Waals surface area contributed by atoms with Crippen molar-refractivity contribution in [3.63, 3.8) is 0 Å². The topological polar surface area (TPSA) is 79.8 Å². The Hall–Kier alpha value is -3.28. The zero-order chi connectivity index (χ0) is 20.6.